The Morgan fingerprint density at radius 2 is 2.22 bits per heavy atom. The minimum absolute atomic E-state index is 0.0640. The second kappa shape index (κ2) is 6.04. The first-order valence-corrected chi connectivity index (χ1v) is 9.28. The van der Waals surface area contributed by atoms with Crippen molar-refractivity contribution >= 4 is 17.7 Å². The van der Waals surface area contributed by atoms with E-state index in [4.69, 9.17) is 0 Å². The van der Waals surface area contributed by atoms with Crippen molar-refractivity contribution in [3.05, 3.63) is 53.1 Å². The molecular formula is C18H21N3OS. The molecule has 2 atom stereocenters. The average Bonchev–Trinajstić information content (AvgIpc) is 2.93. The van der Waals surface area contributed by atoms with Gasteiger partial charge in [0.1, 0.15) is 11.1 Å². The van der Waals surface area contributed by atoms with Crippen LogP contribution in [0, 0.1) is 6.92 Å². The SMILES string of the molecule is Cc1cn2c(n1)CC[C@@H](NC(=O)[C@@H]1SCCc3ccccc31)C2. The number of thioether (sulfide) groups is 1. The summed E-state index contributed by atoms with van der Waals surface area (Å²) in [5.74, 6) is 2.32. The predicted molar refractivity (Wildman–Crippen MR) is 92.6 cm³/mol. The lowest BCUT2D eigenvalue weighted by Gasteiger charge is -2.29. The van der Waals surface area contributed by atoms with Gasteiger partial charge in [0, 0.05) is 25.2 Å². The quantitative estimate of drug-likeness (QED) is 0.922. The Bertz CT molecular complexity index is 740. The smallest absolute Gasteiger partial charge is 0.237 e. The summed E-state index contributed by atoms with van der Waals surface area (Å²) < 4.78 is 2.19. The van der Waals surface area contributed by atoms with E-state index in [9.17, 15) is 4.79 Å². The number of nitrogens with zero attached hydrogens (tertiary/aromatic N) is 2. The fraction of sp³-hybridized carbons (Fsp3) is 0.444. The molecule has 2 aliphatic heterocycles. The Morgan fingerprint density at radius 3 is 3.13 bits per heavy atom. The van der Waals surface area contributed by atoms with E-state index in [-0.39, 0.29) is 17.2 Å². The van der Waals surface area contributed by atoms with Crippen LogP contribution in [0.25, 0.3) is 0 Å². The van der Waals surface area contributed by atoms with Crippen LogP contribution in [-0.4, -0.2) is 27.3 Å². The summed E-state index contributed by atoms with van der Waals surface area (Å²) >= 11 is 1.76. The van der Waals surface area contributed by atoms with E-state index in [1.807, 2.05) is 13.0 Å². The highest BCUT2D eigenvalue weighted by Crippen LogP contribution is 2.36. The normalized spacial score (nSPS) is 23.0. The molecule has 0 aliphatic carbocycles. The van der Waals surface area contributed by atoms with Gasteiger partial charge in [-0.05, 0) is 36.6 Å². The van der Waals surface area contributed by atoms with E-state index in [2.05, 4.69) is 39.3 Å². The molecule has 0 spiro atoms. The van der Waals surface area contributed by atoms with E-state index >= 15 is 0 Å². The molecule has 120 valence electrons. The fourth-order valence-electron chi connectivity index (χ4n) is 3.59. The fourth-order valence-corrected chi connectivity index (χ4v) is 4.79. The molecule has 0 bridgehead atoms. The van der Waals surface area contributed by atoms with Gasteiger partial charge in [-0.15, -0.1) is 11.8 Å². The Kier molecular flexibility index (Phi) is 3.89. The molecule has 1 aromatic carbocycles. The molecule has 2 aromatic rings. The average molecular weight is 327 g/mol. The van der Waals surface area contributed by atoms with Crippen LogP contribution in [0.4, 0.5) is 0 Å². The van der Waals surface area contributed by atoms with Gasteiger partial charge in [0.25, 0.3) is 0 Å². The minimum atomic E-state index is -0.0640. The Hall–Kier alpha value is -1.75. The number of imidazole rings is 1. The third kappa shape index (κ3) is 2.90. The van der Waals surface area contributed by atoms with E-state index in [0.717, 1.165) is 43.1 Å². The molecule has 4 nitrogen and oxygen atoms in total. The number of aromatic nitrogens is 2. The number of fused-ring (bicyclic) bond motifs is 2. The highest BCUT2D eigenvalue weighted by Gasteiger charge is 2.29. The first kappa shape index (κ1) is 14.8. The molecule has 5 heteroatoms. The summed E-state index contributed by atoms with van der Waals surface area (Å²) in [6.07, 6.45) is 5.05. The van der Waals surface area contributed by atoms with Crippen LogP contribution in [0.3, 0.4) is 0 Å². The number of carbonyl (C=O) groups is 1. The molecule has 1 N–H and O–H groups in total. The number of hydrogen-bond acceptors (Lipinski definition) is 3. The molecular weight excluding hydrogens is 306 g/mol. The number of amides is 1. The van der Waals surface area contributed by atoms with Gasteiger partial charge in [-0.3, -0.25) is 4.79 Å². The zero-order valence-corrected chi connectivity index (χ0v) is 14.1. The monoisotopic (exact) mass is 327 g/mol. The van der Waals surface area contributed by atoms with Crippen LogP contribution in [0.5, 0.6) is 0 Å². The maximum atomic E-state index is 12.8. The summed E-state index contributed by atoms with van der Waals surface area (Å²) in [7, 11) is 0. The molecule has 0 radical (unpaired) electrons. The van der Waals surface area contributed by atoms with Gasteiger partial charge in [-0.2, -0.15) is 0 Å². The molecule has 23 heavy (non-hydrogen) atoms. The number of aryl methyl sites for hydroxylation is 3. The van der Waals surface area contributed by atoms with Crippen LogP contribution in [0.15, 0.2) is 30.5 Å². The number of hydrogen-bond donors (Lipinski definition) is 1. The van der Waals surface area contributed by atoms with Crippen molar-refractivity contribution in [3.63, 3.8) is 0 Å². The van der Waals surface area contributed by atoms with Crippen molar-refractivity contribution in [1.29, 1.82) is 0 Å². The third-order valence-corrected chi connectivity index (χ3v) is 5.93. The van der Waals surface area contributed by atoms with Gasteiger partial charge in [0.2, 0.25) is 5.91 Å². The van der Waals surface area contributed by atoms with Crippen LogP contribution in [0.1, 0.15) is 34.3 Å². The molecule has 0 saturated heterocycles. The maximum Gasteiger partial charge on any atom is 0.237 e. The Balaban J connectivity index is 1.47. The third-order valence-electron chi connectivity index (χ3n) is 4.69. The topological polar surface area (TPSA) is 46.9 Å². The maximum absolute atomic E-state index is 12.8. The predicted octanol–water partition coefficient (Wildman–Crippen LogP) is 2.65. The molecule has 1 amide bonds. The minimum Gasteiger partial charge on any atom is -0.350 e. The van der Waals surface area contributed by atoms with Gasteiger partial charge in [0.15, 0.2) is 0 Å². The van der Waals surface area contributed by atoms with Gasteiger partial charge in [-0.25, -0.2) is 4.98 Å². The molecule has 2 aliphatic rings. The number of carbonyl (C=O) groups excluding carboxylic acids is 1. The summed E-state index contributed by atoms with van der Waals surface area (Å²) in [6.45, 7) is 2.86. The molecule has 1 aromatic heterocycles. The first-order chi connectivity index (χ1) is 11.2. The van der Waals surface area contributed by atoms with Crippen molar-refractivity contribution in [2.75, 3.05) is 5.75 Å². The van der Waals surface area contributed by atoms with Crippen molar-refractivity contribution < 1.29 is 4.79 Å². The van der Waals surface area contributed by atoms with Crippen molar-refractivity contribution in [2.45, 2.75) is 44.0 Å². The molecule has 0 unspecified atom stereocenters. The summed E-state index contributed by atoms with van der Waals surface area (Å²) in [5.41, 5.74) is 3.57. The van der Waals surface area contributed by atoms with Gasteiger partial charge in [0.05, 0.1) is 5.69 Å². The first-order valence-electron chi connectivity index (χ1n) is 8.23. The second-order valence-electron chi connectivity index (χ2n) is 6.39. The Morgan fingerprint density at radius 1 is 1.35 bits per heavy atom. The second-order valence-corrected chi connectivity index (χ2v) is 7.61. The van der Waals surface area contributed by atoms with Crippen LogP contribution in [0.2, 0.25) is 0 Å². The van der Waals surface area contributed by atoms with E-state index in [0.29, 0.717) is 0 Å². The van der Waals surface area contributed by atoms with Crippen molar-refractivity contribution in [3.8, 4) is 0 Å². The summed E-state index contributed by atoms with van der Waals surface area (Å²) in [6, 6.07) is 8.55. The summed E-state index contributed by atoms with van der Waals surface area (Å²) in [4.78, 5) is 17.3. The highest BCUT2D eigenvalue weighted by atomic mass is 32.2. The highest BCUT2D eigenvalue weighted by molar-refractivity contribution is 8.00. The van der Waals surface area contributed by atoms with E-state index in [1.165, 1.54) is 11.1 Å². The van der Waals surface area contributed by atoms with Crippen LogP contribution in [-0.2, 0) is 24.2 Å². The molecule has 4 rings (SSSR count). The molecule has 0 saturated carbocycles. The number of benzene rings is 1. The van der Waals surface area contributed by atoms with E-state index in [1.54, 1.807) is 11.8 Å². The lowest BCUT2D eigenvalue weighted by molar-refractivity contribution is -0.121. The van der Waals surface area contributed by atoms with Gasteiger partial charge in [-0.1, -0.05) is 24.3 Å². The number of rotatable bonds is 2. The lowest BCUT2D eigenvalue weighted by Crippen LogP contribution is -2.43. The Labute approximate surface area is 140 Å². The largest absolute Gasteiger partial charge is 0.350 e. The molecule has 3 heterocycles. The summed E-state index contributed by atoms with van der Waals surface area (Å²) in [5, 5.41) is 3.21. The zero-order chi connectivity index (χ0) is 15.8. The van der Waals surface area contributed by atoms with Crippen molar-refractivity contribution in [2.24, 2.45) is 0 Å². The van der Waals surface area contributed by atoms with Crippen molar-refractivity contribution in [1.82, 2.24) is 14.9 Å². The zero-order valence-electron chi connectivity index (χ0n) is 13.3. The van der Waals surface area contributed by atoms with E-state index < -0.39 is 0 Å². The standard InChI is InChI=1S/C18H21N3OS/c1-12-10-21-11-14(6-7-16(21)19-12)20-18(22)17-15-5-3-2-4-13(15)8-9-23-17/h2-5,10,14,17H,6-9,11H2,1H3,(H,20,22)/t14-,17-/m1/s1. The van der Waals surface area contributed by atoms with Crippen LogP contribution >= 0.6 is 11.8 Å². The van der Waals surface area contributed by atoms with Gasteiger partial charge < -0.3 is 9.88 Å². The molecule has 0 fully saturated rings. The van der Waals surface area contributed by atoms with Gasteiger partial charge >= 0.3 is 0 Å². The number of nitrogens with one attached hydrogen (secondary N) is 1. The lowest BCUT2D eigenvalue weighted by atomic mass is 10.0. The van der Waals surface area contributed by atoms with Crippen LogP contribution < -0.4 is 5.32 Å².